The summed E-state index contributed by atoms with van der Waals surface area (Å²) in [6.45, 7) is 6.82. The van der Waals surface area contributed by atoms with Gasteiger partial charge < -0.3 is 20.1 Å². The number of amides is 2. The number of nitrogens with one attached hydrogen (secondary N) is 2. The lowest BCUT2D eigenvalue weighted by molar-refractivity contribution is -0.120. The summed E-state index contributed by atoms with van der Waals surface area (Å²) >= 11 is 0. The normalized spacial score (nSPS) is 10.4. The molecule has 0 saturated carbocycles. The molecule has 0 atom stereocenters. The van der Waals surface area contributed by atoms with E-state index in [1.54, 1.807) is 24.3 Å². The minimum Gasteiger partial charge on any atom is -0.494 e. The Morgan fingerprint density at radius 1 is 1.00 bits per heavy atom. The van der Waals surface area contributed by atoms with Crippen LogP contribution in [0.15, 0.2) is 48.5 Å². The van der Waals surface area contributed by atoms with Crippen LogP contribution in [0.25, 0.3) is 0 Å². The summed E-state index contributed by atoms with van der Waals surface area (Å²) in [4.78, 5) is 23.9. The molecule has 0 spiro atoms. The number of carbonyl (C=O) groups is 2. The molecule has 0 aromatic heterocycles. The Kier molecular flexibility index (Phi) is 8.34. The van der Waals surface area contributed by atoms with Gasteiger partial charge in [0.15, 0.2) is 0 Å². The van der Waals surface area contributed by atoms with E-state index in [-0.39, 0.29) is 24.5 Å². The highest BCUT2D eigenvalue weighted by molar-refractivity contribution is 5.96. The highest BCUT2D eigenvalue weighted by Gasteiger charge is 2.08. The van der Waals surface area contributed by atoms with Crippen molar-refractivity contribution in [2.45, 2.75) is 33.3 Å². The van der Waals surface area contributed by atoms with Crippen molar-refractivity contribution >= 4 is 11.8 Å². The third kappa shape index (κ3) is 7.70. The zero-order valence-corrected chi connectivity index (χ0v) is 16.7. The van der Waals surface area contributed by atoms with Crippen molar-refractivity contribution in [3.63, 3.8) is 0 Å². The second kappa shape index (κ2) is 11.0. The number of hydrogen-bond acceptors (Lipinski definition) is 4. The summed E-state index contributed by atoms with van der Waals surface area (Å²) in [5.41, 5.74) is 1.62. The van der Waals surface area contributed by atoms with Gasteiger partial charge in [-0.1, -0.05) is 12.1 Å². The fourth-order valence-electron chi connectivity index (χ4n) is 2.48. The summed E-state index contributed by atoms with van der Waals surface area (Å²) in [6.07, 6.45) is 0.760. The van der Waals surface area contributed by atoms with Crippen LogP contribution in [0.1, 0.15) is 36.2 Å². The highest BCUT2D eigenvalue weighted by atomic mass is 16.5. The van der Waals surface area contributed by atoms with Gasteiger partial charge in [0.05, 0.1) is 19.3 Å². The van der Waals surface area contributed by atoms with Crippen LogP contribution in [0.3, 0.4) is 0 Å². The molecule has 2 N–H and O–H groups in total. The second-order valence-electron chi connectivity index (χ2n) is 6.74. The van der Waals surface area contributed by atoms with Crippen LogP contribution >= 0.6 is 0 Å². The summed E-state index contributed by atoms with van der Waals surface area (Å²) in [7, 11) is 0. The molecule has 2 amide bonds. The number of aryl methyl sites for hydroxylation is 1. The zero-order chi connectivity index (χ0) is 20.4. The highest BCUT2D eigenvalue weighted by Crippen LogP contribution is 2.14. The monoisotopic (exact) mass is 384 g/mol. The third-order valence-electron chi connectivity index (χ3n) is 3.80. The zero-order valence-electron chi connectivity index (χ0n) is 16.7. The maximum absolute atomic E-state index is 12.1. The quantitative estimate of drug-likeness (QED) is 0.617. The summed E-state index contributed by atoms with van der Waals surface area (Å²) in [5.74, 6) is 0.998. The van der Waals surface area contributed by atoms with Crippen LogP contribution in [0, 0.1) is 6.92 Å². The van der Waals surface area contributed by atoms with Gasteiger partial charge in [-0.3, -0.25) is 9.59 Å². The molecule has 0 unspecified atom stereocenters. The molecule has 0 radical (unpaired) electrons. The fraction of sp³-hybridized carbons (Fsp3) is 0.364. The Balaban J connectivity index is 1.61. The maximum atomic E-state index is 12.1. The lowest BCUT2D eigenvalue weighted by Crippen LogP contribution is -2.37. The van der Waals surface area contributed by atoms with E-state index in [0.29, 0.717) is 30.9 Å². The smallest absolute Gasteiger partial charge is 0.251 e. The largest absolute Gasteiger partial charge is 0.494 e. The minimum absolute atomic E-state index is 0.0676. The van der Waals surface area contributed by atoms with Crippen molar-refractivity contribution in [3.05, 3.63) is 59.7 Å². The van der Waals surface area contributed by atoms with Crippen molar-refractivity contribution in [2.24, 2.45) is 0 Å². The molecule has 0 heterocycles. The number of ether oxygens (including phenoxy) is 2. The van der Waals surface area contributed by atoms with Gasteiger partial charge in [0.2, 0.25) is 5.91 Å². The second-order valence-corrected chi connectivity index (χ2v) is 6.74. The van der Waals surface area contributed by atoms with Gasteiger partial charge in [-0.2, -0.15) is 0 Å². The molecule has 28 heavy (non-hydrogen) atoms. The fourth-order valence-corrected chi connectivity index (χ4v) is 2.48. The first-order chi connectivity index (χ1) is 13.4. The van der Waals surface area contributed by atoms with Crippen molar-refractivity contribution in [1.82, 2.24) is 10.6 Å². The van der Waals surface area contributed by atoms with E-state index < -0.39 is 0 Å². The van der Waals surface area contributed by atoms with Gasteiger partial charge >= 0.3 is 0 Å². The molecule has 0 fully saturated rings. The Morgan fingerprint density at radius 2 is 1.75 bits per heavy atom. The third-order valence-corrected chi connectivity index (χ3v) is 3.80. The van der Waals surface area contributed by atoms with Crippen molar-refractivity contribution < 1.29 is 19.1 Å². The lowest BCUT2D eigenvalue weighted by Gasteiger charge is -2.10. The number of hydrogen-bond donors (Lipinski definition) is 2. The first-order valence-corrected chi connectivity index (χ1v) is 9.45. The van der Waals surface area contributed by atoms with E-state index >= 15 is 0 Å². The predicted octanol–water partition coefficient (Wildman–Crippen LogP) is 3.10. The number of carbonyl (C=O) groups excluding carboxylic acids is 2. The van der Waals surface area contributed by atoms with Gasteiger partial charge in [-0.05, 0) is 69.2 Å². The Hall–Kier alpha value is -3.02. The maximum Gasteiger partial charge on any atom is 0.251 e. The Labute approximate surface area is 166 Å². The standard InChI is InChI=1S/C22H28N2O4/c1-16(2)28-19-10-8-18(9-11-19)22(26)24-15-21(25)23-12-5-13-27-20-7-4-6-17(3)14-20/h4,6-11,14,16H,5,12-13,15H2,1-3H3,(H,23,25)(H,24,26). The minimum atomic E-state index is -0.297. The van der Waals surface area contributed by atoms with Gasteiger partial charge in [-0.15, -0.1) is 0 Å². The molecule has 0 aliphatic heterocycles. The molecular formula is C22H28N2O4. The summed E-state index contributed by atoms with van der Waals surface area (Å²) in [6, 6.07) is 14.7. The Morgan fingerprint density at radius 3 is 2.43 bits per heavy atom. The molecule has 0 aliphatic carbocycles. The van der Waals surface area contributed by atoms with Crippen LogP contribution in [0.4, 0.5) is 0 Å². The van der Waals surface area contributed by atoms with Crippen molar-refractivity contribution in [3.8, 4) is 11.5 Å². The van der Waals surface area contributed by atoms with Gasteiger partial charge in [0, 0.05) is 12.1 Å². The van der Waals surface area contributed by atoms with Crippen LogP contribution in [0.5, 0.6) is 11.5 Å². The first-order valence-electron chi connectivity index (χ1n) is 9.45. The Bertz CT molecular complexity index is 772. The molecule has 0 bridgehead atoms. The van der Waals surface area contributed by atoms with Gasteiger partial charge in [0.25, 0.3) is 5.91 Å². The molecule has 2 aromatic carbocycles. The average molecular weight is 384 g/mol. The van der Waals surface area contributed by atoms with E-state index in [1.807, 2.05) is 45.0 Å². The molecule has 6 heteroatoms. The van der Waals surface area contributed by atoms with E-state index in [4.69, 9.17) is 9.47 Å². The molecular weight excluding hydrogens is 356 g/mol. The van der Waals surface area contributed by atoms with Gasteiger partial charge in [0.1, 0.15) is 11.5 Å². The van der Waals surface area contributed by atoms with E-state index in [1.165, 1.54) is 0 Å². The van der Waals surface area contributed by atoms with Crippen LogP contribution < -0.4 is 20.1 Å². The molecule has 0 saturated heterocycles. The van der Waals surface area contributed by atoms with Crippen LogP contribution in [-0.4, -0.2) is 37.6 Å². The average Bonchev–Trinajstić information content (AvgIpc) is 2.66. The summed E-state index contributed by atoms with van der Waals surface area (Å²) in [5, 5.41) is 5.37. The SMILES string of the molecule is Cc1cccc(OCCCNC(=O)CNC(=O)c2ccc(OC(C)C)cc2)c1. The van der Waals surface area contributed by atoms with Crippen molar-refractivity contribution in [2.75, 3.05) is 19.7 Å². The first kappa shape index (κ1) is 21.3. The molecule has 0 aliphatic rings. The van der Waals surface area contributed by atoms with Crippen LogP contribution in [0.2, 0.25) is 0 Å². The summed E-state index contributed by atoms with van der Waals surface area (Å²) < 4.78 is 11.2. The van der Waals surface area contributed by atoms with E-state index in [2.05, 4.69) is 10.6 Å². The topological polar surface area (TPSA) is 76.7 Å². The molecule has 2 rings (SSSR count). The van der Waals surface area contributed by atoms with Gasteiger partial charge in [-0.25, -0.2) is 0 Å². The van der Waals surface area contributed by atoms with Crippen molar-refractivity contribution in [1.29, 1.82) is 0 Å². The molecule has 6 nitrogen and oxygen atoms in total. The predicted molar refractivity (Wildman–Crippen MR) is 109 cm³/mol. The molecule has 2 aromatic rings. The molecule has 150 valence electrons. The number of benzene rings is 2. The van der Waals surface area contributed by atoms with Crippen LogP contribution in [-0.2, 0) is 4.79 Å². The van der Waals surface area contributed by atoms with E-state index in [0.717, 1.165) is 11.3 Å². The lowest BCUT2D eigenvalue weighted by atomic mass is 10.2. The number of rotatable bonds is 10. The van der Waals surface area contributed by atoms with E-state index in [9.17, 15) is 9.59 Å².